The van der Waals surface area contributed by atoms with Gasteiger partial charge in [-0.1, -0.05) is 0 Å². The molecule has 7 nitrogen and oxygen atoms in total. The molecule has 1 aliphatic heterocycles. The Morgan fingerprint density at radius 2 is 2.45 bits per heavy atom. The summed E-state index contributed by atoms with van der Waals surface area (Å²) in [6.45, 7) is 1.49. The number of rotatable bonds is 4. The SMILES string of the molecule is Cn1nccc1-c1cncc(CNC(=O)OC2CCOC2)c1. The summed E-state index contributed by atoms with van der Waals surface area (Å²) in [5, 5.41) is 6.88. The highest BCUT2D eigenvalue weighted by Gasteiger charge is 2.19. The van der Waals surface area contributed by atoms with Gasteiger partial charge in [-0.3, -0.25) is 9.67 Å². The highest BCUT2D eigenvalue weighted by molar-refractivity contribution is 5.67. The Labute approximate surface area is 128 Å². The van der Waals surface area contributed by atoms with Gasteiger partial charge in [-0.2, -0.15) is 5.10 Å². The molecular formula is C15H18N4O3. The molecular weight excluding hydrogens is 284 g/mol. The van der Waals surface area contributed by atoms with Gasteiger partial charge < -0.3 is 14.8 Å². The van der Waals surface area contributed by atoms with Crippen LogP contribution in [0.4, 0.5) is 4.79 Å². The summed E-state index contributed by atoms with van der Waals surface area (Å²) in [5.74, 6) is 0. The lowest BCUT2D eigenvalue weighted by atomic mass is 10.1. The molecule has 0 saturated carbocycles. The van der Waals surface area contributed by atoms with Gasteiger partial charge >= 0.3 is 6.09 Å². The first-order chi connectivity index (χ1) is 10.7. The number of hydrogen-bond donors (Lipinski definition) is 1. The van der Waals surface area contributed by atoms with Crippen LogP contribution < -0.4 is 5.32 Å². The van der Waals surface area contributed by atoms with E-state index in [0.717, 1.165) is 23.2 Å². The average Bonchev–Trinajstić information content (AvgIpc) is 3.17. The number of aryl methyl sites for hydroxylation is 1. The normalized spacial score (nSPS) is 17.4. The molecule has 116 valence electrons. The molecule has 1 saturated heterocycles. The van der Waals surface area contributed by atoms with Crippen LogP contribution in [-0.2, 0) is 23.1 Å². The van der Waals surface area contributed by atoms with Crippen LogP contribution in [0, 0.1) is 0 Å². The highest BCUT2D eigenvalue weighted by atomic mass is 16.6. The third-order valence-electron chi connectivity index (χ3n) is 3.51. The quantitative estimate of drug-likeness (QED) is 0.926. The highest BCUT2D eigenvalue weighted by Crippen LogP contribution is 2.18. The second kappa shape index (κ2) is 6.57. The zero-order chi connectivity index (χ0) is 15.4. The van der Waals surface area contributed by atoms with Crippen molar-refractivity contribution in [3.63, 3.8) is 0 Å². The average molecular weight is 302 g/mol. The van der Waals surface area contributed by atoms with Gasteiger partial charge in [0.1, 0.15) is 6.10 Å². The molecule has 22 heavy (non-hydrogen) atoms. The summed E-state index contributed by atoms with van der Waals surface area (Å²) < 4.78 is 12.2. The van der Waals surface area contributed by atoms with Crippen molar-refractivity contribution < 1.29 is 14.3 Å². The Hall–Kier alpha value is -2.41. The van der Waals surface area contributed by atoms with Crippen LogP contribution in [0.15, 0.2) is 30.7 Å². The van der Waals surface area contributed by atoms with Crippen molar-refractivity contribution in [1.29, 1.82) is 0 Å². The second-order valence-electron chi connectivity index (χ2n) is 5.17. The number of nitrogens with one attached hydrogen (secondary N) is 1. The van der Waals surface area contributed by atoms with Crippen molar-refractivity contribution in [3.8, 4) is 11.3 Å². The second-order valence-corrected chi connectivity index (χ2v) is 5.17. The molecule has 0 aliphatic carbocycles. The molecule has 1 aliphatic rings. The lowest BCUT2D eigenvalue weighted by molar-refractivity contribution is 0.0828. The van der Waals surface area contributed by atoms with Crippen molar-refractivity contribution in [2.24, 2.45) is 7.05 Å². The minimum Gasteiger partial charge on any atom is -0.444 e. The van der Waals surface area contributed by atoms with Crippen LogP contribution in [0.2, 0.25) is 0 Å². The molecule has 0 bridgehead atoms. The molecule has 3 rings (SSSR count). The van der Waals surface area contributed by atoms with E-state index in [0.29, 0.717) is 19.8 Å². The van der Waals surface area contributed by atoms with E-state index in [4.69, 9.17) is 9.47 Å². The topological polar surface area (TPSA) is 78.3 Å². The first-order valence-corrected chi connectivity index (χ1v) is 7.17. The van der Waals surface area contributed by atoms with E-state index in [1.807, 2.05) is 19.2 Å². The zero-order valence-electron chi connectivity index (χ0n) is 12.4. The monoisotopic (exact) mass is 302 g/mol. The van der Waals surface area contributed by atoms with E-state index in [9.17, 15) is 4.79 Å². The number of carbonyl (C=O) groups is 1. The van der Waals surface area contributed by atoms with Gasteiger partial charge in [0, 0.05) is 44.2 Å². The van der Waals surface area contributed by atoms with Crippen LogP contribution in [0.1, 0.15) is 12.0 Å². The smallest absolute Gasteiger partial charge is 0.407 e. The summed E-state index contributed by atoms with van der Waals surface area (Å²) in [6, 6.07) is 3.89. The summed E-state index contributed by atoms with van der Waals surface area (Å²) in [6.07, 6.45) is 5.42. The number of hydrogen-bond acceptors (Lipinski definition) is 5. The number of amides is 1. The first kappa shape index (κ1) is 14.5. The maximum Gasteiger partial charge on any atom is 0.407 e. The van der Waals surface area contributed by atoms with E-state index in [2.05, 4.69) is 15.4 Å². The van der Waals surface area contributed by atoms with Gasteiger partial charge in [-0.15, -0.1) is 0 Å². The Morgan fingerprint density at radius 3 is 3.18 bits per heavy atom. The van der Waals surface area contributed by atoms with E-state index < -0.39 is 6.09 Å². The molecule has 0 spiro atoms. The Morgan fingerprint density at radius 1 is 1.55 bits per heavy atom. The van der Waals surface area contributed by atoms with Crippen LogP contribution >= 0.6 is 0 Å². The molecule has 1 N–H and O–H groups in total. The molecule has 1 unspecified atom stereocenters. The molecule has 1 fully saturated rings. The molecule has 7 heteroatoms. The van der Waals surface area contributed by atoms with Gasteiger partial charge in [0.05, 0.1) is 18.9 Å². The first-order valence-electron chi connectivity index (χ1n) is 7.17. The maximum absolute atomic E-state index is 11.7. The molecule has 2 aromatic heterocycles. The van der Waals surface area contributed by atoms with Crippen LogP contribution in [0.25, 0.3) is 11.3 Å². The van der Waals surface area contributed by atoms with Crippen LogP contribution in [0.3, 0.4) is 0 Å². The predicted octanol–water partition coefficient (Wildman–Crippen LogP) is 1.50. The molecule has 2 aromatic rings. The van der Waals surface area contributed by atoms with Crippen molar-refractivity contribution in [1.82, 2.24) is 20.1 Å². The number of pyridine rings is 1. The molecule has 0 radical (unpaired) electrons. The third-order valence-corrected chi connectivity index (χ3v) is 3.51. The largest absolute Gasteiger partial charge is 0.444 e. The van der Waals surface area contributed by atoms with Gasteiger partial charge in [0.2, 0.25) is 0 Å². The minimum absolute atomic E-state index is 0.140. The summed E-state index contributed by atoms with van der Waals surface area (Å²) >= 11 is 0. The molecule has 3 heterocycles. The Balaban J connectivity index is 1.58. The minimum atomic E-state index is -0.429. The van der Waals surface area contributed by atoms with Gasteiger partial charge in [-0.25, -0.2) is 4.79 Å². The number of aromatic nitrogens is 3. The van der Waals surface area contributed by atoms with Gasteiger partial charge in [0.25, 0.3) is 0 Å². The Bertz CT molecular complexity index is 650. The molecule has 0 aromatic carbocycles. The maximum atomic E-state index is 11.7. The van der Waals surface area contributed by atoms with Crippen molar-refractivity contribution >= 4 is 6.09 Å². The third kappa shape index (κ3) is 3.43. The summed E-state index contributed by atoms with van der Waals surface area (Å²) in [4.78, 5) is 15.9. The fourth-order valence-electron chi connectivity index (χ4n) is 2.35. The standard InChI is InChI=1S/C15H18N4O3/c1-19-14(2-4-18-19)12-6-11(7-16-9-12)8-17-15(20)22-13-3-5-21-10-13/h2,4,6-7,9,13H,3,5,8,10H2,1H3,(H,17,20). The number of ether oxygens (including phenoxy) is 2. The van der Waals surface area contributed by atoms with Crippen LogP contribution in [0.5, 0.6) is 0 Å². The number of carbonyl (C=O) groups excluding carboxylic acids is 1. The predicted molar refractivity (Wildman–Crippen MR) is 79.0 cm³/mol. The van der Waals surface area contributed by atoms with E-state index in [1.54, 1.807) is 23.3 Å². The van der Waals surface area contributed by atoms with Gasteiger partial charge in [0.15, 0.2) is 0 Å². The van der Waals surface area contributed by atoms with Gasteiger partial charge in [-0.05, 0) is 17.7 Å². The van der Waals surface area contributed by atoms with Crippen molar-refractivity contribution in [2.45, 2.75) is 19.1 Å². The van der Waals surface area contributed by atoms with Crippen molar-refractivity contribution in [3.05, 3.63) is 36.3 Å². The molecule has 1 atom stereocenters. The lowest BCUT2D eigenvalue weighted by Gasteiger charge is -2.11. The van der Waals surface area contributed by atoms with E-state index >= 15 is 0 Å². The fourth-order valence-corrected chi connectivity index (χ4v) is 2.35. The number of nitrogens with zero attached hydrogens (tertiary/aromatic N) is 3. The zero-order valence-corrected chi connectivity index (χ0v) is 12.4. The summed E-state index contributed by atoms with van der Waals surface area (Å²) in [7, 11) is 1.88. The fraction of sp³-hybridized carbons (Fsp3) is 0.400. The van der Waals surface area contributed by atoms with E-state index in [-0.39, 0.29) is 6.10 Å². The summed E-state index contributed by atoms with van der Waals surface area (Å²) in [5.41, 5.74) is 2.83. The van der Waals surface area contributed by atoms with Crippen LogP contribution in [-0.4, -0.2) is 40.2 Å². The number of alkyl carbamates (subject to hydrolysis) is 1. The van der Waals surface area contributed by atoms with Crippen molar-refractivity contribution in [2.75, 3.05) is 13.2 Å². The molecule has 1 amide bonds. The van der Waals surface area contributed by atoms with E-state index in [1.165, 1.54) is 0 Å². The Kier molecular flexibility index (Phi) is 4.34. The lowest BCUT2D eigenvalue weighted by Crippen LogP contribution is -2.28.